The van der Waals surface area contributed by atoms with Crippen LogP contribution in [0.15, 0.2) is 18.2 Å². The predicted molar refractivity (Wildman–Crippen MR) is 71.4 cm³/mol. The van der Waals surface area contributed by atoms with E-state index in [9.17, 15) is 22.8 Å². The van der Waals surface area contributed by atoms with Crippen LogP contribution in [-0.2, 0) is 11.2 Å². The van der Waals surface area contributed by atoms with Gasteiger partial charge in [-0.1, -0.05) is 0 Å². The first-order valence-electron chi connectivity index (χ1n) is 6.48. The summed E-state index contributed by atoms with van der Waals surface area (Å²) in [7, 11) is 0. The molecule has 4 nitrogen and oxygen atoms in total. The van der Waals surface area contributed by atoms with Crippen molar-refractivity contribution in [3.8, 4) is 0 Å². The first-order valence-corrected chi connectivity index (χ1v) is 6.48. The van der Waals surface area contributed by atoms with E-state index < -0.39 is 18.6 Å². The quantitative estimate of drug-likeness (QED) is 0.864. The Morgan fingerprint density at radius 1 is 1.33 bits per heavy atom. The molecule has 0 bridgehead atoms. The molecular formula is C14H15F3N2O2. The third-order valence-corrected chi connectivity index (χ3v) is 3.30. The van der Waals surface area contributed by atoms with Crippen molar-refractivity contribution in [2.75, 3.05) is 24.5 Å². The van der Waals surface area contributed by atoms with Crippen molar-refractivity contribution in [1.82, 2.24) is 5.32 Å². The second kappa shape index (κ2) is 5.75. The molecule has 7 heteroatoms. The monoisotopic (exact) mass is 300 g/mol. The molecule has 0 aliphatic carbocycles. The summed E-state index contributed by atoms with van der Waals surface area (Å²) in [5.74, 6) is -0.713. The third kappa shape index (κ3) is 3.96. The second-order valence-electron chi connectivity index (χ2n) is 4.96. The second-order valence-corrected chi connectivity index (χ2v) is 4.96. The number of rotatable bonds is 4. The summed E-state index contributed by atoms with van der Waals surface area (Å²) in [5.41, 5.74) is 2.32. The number of fused-ring (bicyclic) bond motifs is 1. The van der Waals surface area contributed by atoms with E-state index in [0.717, 1.165) is 11.3 Å². The number of carbonyl (C=O) groups excluding carboxylic acids is 2. The predicted octanol–water partition coefficient (Wildman–Crippen LogP) is 1.93. The summed E-state index contributed by atoms with van der Waals surface area (Å²) in [6.07, 6.45) is -3.74. The first kappa shape index (κ1) is 15.3. The van der Waals surface area contributed by atoms with Gasteiger partial charge < -0.3 is 10.2 Å². The molecule has 0 spiro atoms. The molecule has 0 saturated carbocycles. The molecule has 1 aliphatic heterocycles. The van der Waals surface area contributed by atoms with Gasteiger partial charge in [0.1, 0.15) is 6.54 Å². The summed E-state index contributed by atoms with van der Waals surface area (Å²) < 4.78 is 36.1. The van der Waals surface area contributed by atoms with E-state index in [1.165, 1.54) is 6.92 Å². The Morgan fingerprint density at radius 3 is 2.67 bits per heavy atom. The lowest BCUT2D eigenvalue weighted by Gasteiger charge is -2.19. The van der Waals surface area contributed by atoms with Crippen molar-refractivity contribution in [3.63, 3.8) is 0 Å². The summed E-state index contributed by atoms with van der Waals surface area (Å²) >= 11 is 0. The lowest BCUT2D eigenvalue weighted by molar-refractivity contribution is -0.137. The number of amides is 1. The normalized spacial score (nSPS) is 14.0. The molecule has 0 atom stereocenters. The van der Waals surface area contributed by atoms with Gasteiger partial charge in [-0.05, 0) is 37.1 Å². The van der Waals surface area contributed by atoms with Crippen LogP contribution in [0.4, 0.5) is 18.9 Å². The van der Waals surface area contributed by atoms with Crippen LogP contribution in [0, 0.1) is 0 Å². The van der Waals surface area contributed by atoms with E-state index >= 15 is 0 Å². The number of hydrogen-bond acceptors (Lipinski definition) is 3. The van der Waals surface area contributed by atoms with Crippen molar-refractivity contribution in [2.24, 2.45) is 0 Å². The lowest BCUT2D eigenvalue weighted by Crippen LogP contribution is -2.40. The molecule has 1 amide bonds. The van der Waals surface area contributed by atoms with E-state index in [0.29, 0.717) is 18.5 Å². The van der Waals surface area contributed by atoms with Crippen LogP contribution in [0.5, 0.6) is 0 Å². The minimum atomic E-state index is -4.41. The molecule has 21 heavy (non-hydrogen) atoms. The van der Waals surface area contributed by atoms with E-state index in [2.05, 4.69) is 0 Å². The van der Waals surface area contributed by atoms with Gasteiger partial charge in [0.2, 0.25) is 5.91 Å². The van der Waals surface area contributed by atoms with Crippen molar-refractivity contribution >= 4 is 17.4 Å². The highest BCUT2D eigenvalue weighted by Gasteiger charge is 2.28. The Hall–Kier alpha value is -2.05. The summed E-state index contributed by atoms with van der Waals surface area (Å²) in [6.45, 7) is 0.577. The smallest absolute Gasteiger partial charge is 0.362 e. The van der Waals surface area contributed by atoms with Crippen molar-refractivity contribution < 1.29 is 22.8 Å². The fraction of sp³-hybridized carbons (Fsp3) is 0.429. The van der Waals surface area contributed by atoms with Gasteiger partial charge in [0, 0.05) is 17.8 Å². The molecule has 0 unspecified atom stereocenters. The Morgan fingerprint density at radius 2 is 2.05 bits per heavy atom. The van der Waals surface area contributed by atoms with Gasteiger partial charge in [-0.3, -0.25) is 9.59 Å². The first-order chi connectivity index (χ1) is 9.76. The summed E-state index contributed by atoms with van der Waals surface area (Å²) in [5, 5.41) is 1.85. The average molecular weight is 300 g/mol. The van der Waals surface area contributed by atoms with Gasteiger partial charge in [-0.25, -0.2) is 0 Å². The molecular weight excluding hydrogens is 285 g/mol. The number of Topliss-reactive ketones (excluding diaryl/α,β-unsaturated/α-hetero) is 1. The van der Waals surface area contributed by atoms with Crippen LogP contribution in [0.3, 0.4) is 0 Å². The highest BCUT2D eigenvalue weighted by molar-refractivity contribution is 5.95. The zero-order chi connectivity index (χ0) is 15.6. The molecule has 2 rings (SSSR count). The molecule has 1 N–H and O–H groups in total. The zero-order valence-electron chi connectivity index (χ0n) is 11.5. The number of nitrogens with zero attached hydrogens (tertiary/aromatic N) is 1. The molecule has 1 aromatic carbocycles. The highest BCUT2D eigenvalue weighted by Crippen LogP contribution is 2.28. The number of alkyl halides is 3. The number of ketones is 1. The zero-order valence-corrected chi connectivity index (χ0v) is 11.5. The Balaban J connectivity index is 2.00. The summed E-state index contributed by atoms with van der Waals surface area (Å²) in [6, 6.07) is 5.16. The van der Waals surface area contributed by atoms with Gasteiger partial charge in [-0.15, -0.1) is 0 Å². The van der Waals surface area contributed by atoms with Crippen LogP contribution in [-0.4, -0.2) is 37.5 Å². The summed E-state index contributed by atoms with van der Waals surface area (Å²) in [4.78, 5) is 24.5. The Kier molecular flexibility index (Phi) is 4.20. The maximum absolute atomic E-state index is 12.0. The van der Waals surface area contributed by atoms with Gasteiger partial charge in [0.15, 0.2) is 5.78 Å². The van der Waals surface area contributed by atoms with Crippen LogP contribution in [0.25, 0.3) is 0 Å². The Labute approximate surface area is 119 Å². The SMILES string of the molecule is CC(=O)c1ccc2c(c1)CCN2CC(=O)NCC(F)(F)F. The van der Waals surface area contributed by atoms with Crippen molar-refractivity contribution in [2.45, 2.75) is 19.5 Å². The number of hydrogen-bond donors (Lipinski definition) is 1. The molecule has 1 aliphatic rings. The van der Waals surface area contributed by atoms with Crippen molar-refractivity contribution in [1.29, 1.82) is 0 Å². The van der Waals surface area contributed by atoms with Gasteiger partial charge in [-0.2, -0.15) is 13.2 Å². The fourth-order valence-electron chi connectivity index (χ4n) is 2.28. The third-order valence-electron chi connectivity index (χ3n) is 3.30. The van der Waals surface area contributed by atoms with E-state index in [1.807, 2.05) is 5.32 Å². The molecule has 0 saturated heterocycles. The largest absolute Gasteiger partial charge is 0.405 e. The van der Waals surface area contributed by atoms with E-state index in [4.69, 9.17) is 0 Å². The van der Waals surface area contributed by atoms with Gasteiger partial charge in [0.25, 0.3) is 0 Å². The number of carbonyl (C=O) groups is 2. The molecule has 1 aromatic rings. The van der Waals surface area contributed by atoms with Gasteiger partial charge >= 0.3 is 6.18 Å². The fourth-order valence-corrected chi connectivity index (χ4v) is 2.28. The highest BCUT2D eigenvalue weighted by atomic mass is 19.4. The lowest BCUT2D eigenvalue weighted by atomic mass is 10.1. The molecule has 114 valence electrons. The topological polar surface area (TPSA) is 49.4 Å². The van der Waals surface area contributed by atoms with E-state index in [-0.39, 0.29) is 12.3 Å². The molecule has 0 radical (unpaired) electrons. The van der Waals surface area contributed by atoms with Crippen molar-refractivity contribution in [3.05, 3.63) is 29.3 Å². The van der Waals surface area contributed by atoms with E-state index in [1.54, 1.807) is 23.1 Å². The number of nitrogens with one attached hydrogen (secondary N) is 1. The standard InChI is InChI=1S/C14H15F3N2O2/c1-9(20)10-2-3-12-11(6-10)4-5-19(12)7-13(21)18-8-14(15,16)17/h2-3,6H,4-5,7-8H2,1H3,(H,18,21). The number of anilines is 1. The minimum absolute atomic E-state index is 0.0424. The maximum atomic E-state index is 12.0. The molecule has 0 fully saturated rings. The molecule has 1 heterocycles. The van der Waals surface area contributed by atoms with Crippen LogP contribution in [0.2, 0.25) is 0 Å². The van der Waals surface area contributed by atoms with Crippen LogP contribution >= 0.6 is 0 Å². The van der Waals surface area contributed by atoms with Gasteiger partial charge in [0.05, 0.1) is 6.54 Å². The van der Waals surface area contributed by atoms with Crippen LogP contribution < -0.4 is 10.2 Å². The minimum Gasteiger partial charge on any atom is -0.362 e. The Bertz CT molecular complexity index is 570. The number of benzene rings is 1. The molecule has 0 aromatic heterocycles. The average Bonchev–Trinajstić information content (AvgIpc) is 2.78. The van der Waals surface area contributed by atoms with Crippen LogP contribution in [0.1, 0.15) is 22.8 Å². The number of halogens is 3. The maximum Gasteiger partial charge on any atom is 0.405 e.